The summed E-state index contributed by atoms with van der Waals surface area (Å²) in [6, 6.07) is 0.962. The molecule has 0 aliphatic heterocycles. The van der Waals surface area contributed by atoms with E-state index in [-0.39, 0.29) is 11.4 Å². The monoisotopic (exact) mass is 301 g/mol. The van der Waals surface area contributed by atoms with Crippen molar-refractivity contribution in [3.05, 3.63) is 29.3 Å². The van der Waals surface area contributed by atoms with Crippen molar-refractivity contribution < 1.29 is 18.0 Å². The van der Waals surface area contributed by atoms with Crippen LogP contribution in [0, 0.1) is 13.8 Å². The first-order valence-electron chi connectivity index (χ1n) is 6.15. The average molecular weight is 301 g/mol. The zero-order chi connectivity index (χ0) is 15.8. The zero-order valence-corrected chi connectivity index (χ0v) is 11.6. The molecule has 2 rings (SSSR count). The zero-order valence-electron chi connectivity index (χ0n) is 11.6. The van der Waals surface area contributed by atoms with Gasteiger partial charge in [0.05, 0.1) is 11.4 Å². The lowest BCUT2D eigenvalue weighted by Gasteiger charge is -2.15. The maximum atomic E-state index is 12.8. The van der Waals surface area contributed by atoms with Gasteiger partial charge >= 0.3 is 6.18 Å². The molecule has 2 N–H and O–H groups in total. The maximum Gasteiger partial charge on any atom is 0.437 e. The largest absolute Gasteiger partial charge is 0.437 e. The maximum absolute atomic E-state index is 12.8. The van der Waals surface area contributed by atoms with Crippen LogP contribution in [0.5, 0.6) is 0 Å². The van der Waals surface area contributed by atoms with Gasteiger partial charge in [0.15, 0.2) is 5.69 Å². The molecule has 6 nitrogen and oxygen atoms in total. The number of H-pyrrole nitrogens is 1. The van der Waals surface area contributed by atoms with E-state index in [0.29, 0.717) is 0 Å². The summed E-state index contributed by atoms with van der Waals surface area (Å²) >= 11 is 0. The summed E-state index contributed by atoms with van der Waals surface area (Å²) in [6.45, 7) is 4.71. The van der Waals surface area contributed by atoms with E-state index in [0.717, 1.165) is 5.69 Å². The molecular weight excluding hydrogens is 287 g/mol. The van der Waals surface area contributed by atoms with Crippen LogP contribution < -0.4 is 5.32 Å². The summed E-state index contributed by atoms with van der Waals surface area (Å²) < 4.78 is 39.8. The van der Waals surface area contributed by atoms with Gasteiger partial charge in [-0.1, -0.05) is 0 Å². The normalized spacial score (nSPS) is 13.2. The van der Waals surface area contributed by atoms with Crippen LogP contribution in [0.4, 0.5) is 18.9 Å². The molecule has 0 aliphatic carbocycles. The highest BCUT2D eigenvalue weighted by Crippen LogP contribution is 2.34. The highest BCUT2D eigenvalue weighted by atomic mass is 19.4. The van der Waals surface area contributed by atoms with E-state index >= 15 is 0 Å². The molecule has 0 radical (unpaired) electrons. The van der Waals surface area contributed by atoms with Gasteiger partial charge in [-0.15, -0.1) is 0 Å². The molecule has 9 heteroatoms. The van der Waals surface area contributed by atoms with E-state index in [1.807, 2.05) is 0 Å². The number of aromatic nitrogens is 4. The molecule has 1 amide bonds. The lowest BCUT2D eigenvalue weighted by molar-refractivity contribution is -0.140. The molecule has 0 aromatic carbocycles. The Bertz CT molecular complexity index is 658. The summed E-state index contributed by atoms with van der Waals surface area (Å²) in [5, 5.41) is 11.7. The number of hydrogen-bond donors (Lipinski definition) is 2. The second-order valence-corrected chi connectivity index (χ2v) is 4.65. The van der Waals surface area contributed by atoms with Crippen molar-refractivity contribution in [3.8, 4) is 0 Å². The molecule has 114 valence electrons. The first-order chi connectivity index (χ1) is 9.71. The average Bonchev–Trinajstić information content (AvgIpc) is 2.95. The number of aromatic amines is 1. The Morgan fingerprint density at radius 2 is 2.10 bits per heavy atom. The van der Waals surface area contributed by atoms with E-state index < -0.39 is 23.8 Å². The van der Waals surface area contributed by atoms with E-state index in [1.165, 1.54) is 17.8 Å². The lowest BCUT2D eigenvalue weighted by Crippen LogP contribution is -2.26. The molecule has 1 unspecified atom stereocenters. The smallest absolute Gasteiger partial charge is 0.321 e. The third kappa shape index (κ3) is 2.91. The standard InChI is InChI=1S/C12H14F3N5O/c1-6-4-5-16-20(6)8(3)11(21)17-9-7(2)18-19-10(9)12(13,14)15/h4-5,8H,1-3H3,(H,17,21)(H,18,19). The number of rotatable bonds is 3. The Balaban J connectivity index is 2.25. The van der Waals surface area contributed by atoms with Crippen LogP contribution in [-0.4, -0.2) is 25.9 Å². The second kappa shape index (κ2) is 5.23. The van der Waals surface area contributed by atoms with Crippen LogP contribution in [0.1, 0.15) is 30.0 Å². The minimum absolute atomic E-state index is 0.139. The Labute approximate surface area is 118 Å². The van der Waals surface area contributed by atoms with Crippen molar-refractivity contribution in [2.75, 3.05) is 5.32 Å². The topological polar surface area (TPSA) is 75.6 Å². The lowest BCUT2D eigenvalue weighted by atomic mass is 10.2. The molecule has 0 aliphatic rings. The Morgan fingerprint density at radius 3 is 2.62 bits per heavy atom. The minimum atomic E-state index is -4.64. The predicted octanol–water partition coefficient (Wildman–Crippen LogP) is 2.44. The predicted molar refractivity (Wildman–Crippen MR) is 68.6 cm³/mol. The molecule has 0 saturated carbocycles. The van der Waals surface area contributed by atoms with Crippen molar-refractivity contribution in [2.45, 2.75) is 33.0 Å². The number of nitrogens with zero attached hydrogens (tertiary/aromatic N) is 3. The fraction of sp³-hybridized carbons (Fsp3) is 0.417. The van der Waals surface area contributed by atoms with Crippen molar-refractivity contribution in [1.82, 2.24) is 20.0 Å². The molecule has 2 aromatic heterocycles. The highest BCUT2D eigenvalue weighted by molar-refractivity contribution is 5.94. The Hall–Kier alpha value is -2.32. The molecular formula is C12H14F3N5O. The molecule has 21 heavy (non-hydrogen) atoms. The molecule has 0 bridgehead atoms. The van der Waals surface area contributed by atoms with E-state index in [1.54, 1.807) is 19.9 Å². The molecule has 1 atom stereocenters. The van der Waals surface area contributed by atoms with Gasteiger partial charge in [0.1, 0.15) is 6.04 Å². The summed E-state index contributed by atoms with van der Waals surface area (Å²) in [5.74, 6) is -0.600. The number of alkyl halides is 3. The Morgan fingerprint density at radius 1 is 1.43 bits per heavy atom. The number of carbonyl (C=O) groups is 1. The van der Waals surface area contributed by atoms with Crippen molar-refractivity contribution in [2.24, 2.45) is 0 Å². The van der Waals surface area contributed by atoms with Gasteiger partial charge in [-0.25, -0.2) is 0 Å². The third-order valence-electron chi connectivity index (χ3n) is 3.08. The van der Waals surface area contributed by atoms with Crippen molar-refractivity contribution in [3.63, 3.8) is 0 Å². The molecule has 0 fully saturated rings. The van der Waals surface area contributed by atoms with Gasteiger partial charge in [0.25, 0.3) is 0 Å². The minimum Gasteiger partial charge on any atom is -0.321 e. The molecule has 2 heterocycles. The van der Waals surface area contributed by atoms with Crippen LogP contribution in [0.3, 0.4) is 0 Å². The van der Waals surface area contributed by atoms with Gasteiger partial charge < -0.3 is 5.32 Å². The van der Waals surface area contributed by atoms with Crippen LogP contribution in [0.25, 0.3) is 0 Å². The van der Waals surface area contributed by atoms with Gasteiger partial charge in [0.2, 0.25) is 5.91 Å². The van der Waals surface area contributed by atoms with E-state index in [2.05, 4.69) is 20.6 Å². The van der Waals surface area contributed by atoms with Gasteiger partial charge in [-0.05, 0) is 26.8 Å². The Kier molecular flexibility index (Phi) is 3.75. The number of amides is 1. The van der Waals surface area contributed by atoms with Crippen LogP contribution in [-0.2, 0) is 11.0 Å². The second-order valence-electron chi connectivity index (χ2n) is 4.65. The van der Waals surface area contributed by atoms with Gasteiger partial charge in [-0.3, -0.25) is 14.6 Å². The first-order valence-corrected chi connectivity index (χ1v) is 6.15. The number of hydrogen-bond acceptors (Lipinski definition) is 3. The molecule has 0 spiro atoms. The quantitative estimate of drug-likeness (QED) is 0.914. The summed E-state index contributed by atoms with van der Waals surface area (Å²) in [4.78, 5) is 12.1. The summed E-state index contributed by atoms with van der Waals surface area (Å²) in [6.07, 6.45) is -3.12. The SMILES string of the molecule is Cc1[nH]nc(C(F)(F)F)c1NC(=O)C(C)n1nccc1C. The molecule has 0 saturated heterocycles. The highest BCUT2D eigenvalue weighted by Gasteiger charge is 2.38. The van der Waals surface area contributed by atoms with Gasteiger partial charge in [0, 0.05) is 11.9 Å². The fourth-order valence-corrected chi connectivity index (χ4v) is 1.91. The van der Waals surface area contributed by atoms with E-state index in [9.17, 15) is 18.0 Å². The van der Waals surface area contributed by atoms with Crippen molar-refractivity contribution in [1.29, 1.82) is 0 Å². The summed E-state index contributed by atoms with van der Waals surface area (Å²) in [7, 11) is 0. The van der Waals surface area contributed by atoms with E-state index in [4.69, 9.17) is 0 Å². The molecule has 2 aromatic rings. The number of carbonyl (C=O) groups excluding carboxylic acids is 1. The third-order valence-corrected chi connectivity index (χ3v) is 3.08. The number of anilines is 1. The van der Waals surface area contributed by atoms with Gasteiger partial charge in [-0.2, -0.15) is 23.4 Å². The first kappa shape index (κ1) is 15.1. The number of nitrogens with one attached hydrogen (secondary N) is 2. The van der Waals surface area contributed by atoms with Crippen LogP contribution >= 0.6 is 0 Å². The van der Waals surface area contributed by atoms with Crippen molar-refractivity contribution >= 4 is 11.6 Å². The van der Waals surface area contributed by atoms with Crippen LogP contribution in [0.2, 0.25) is 0 Å². The van der Waals surface area contributed by atoms with Crippen LogP contribution in [0.15, 0.2) is 12.3 Å². The number of halogens is 3. The fourth-order valence-electron chi connectivity index (χ4n) is 1.91. The number of aryl methyl sites for hydroxylation is 2. The summed E-state index contributed by atoms with van der Waals surface area (Å²) in [5.41, 5.74) is -0.625.